The molecule has 4 nitrogen and oxygen atoms in total. The van der Waals surface area contributed by atoms with Gasteiger partial charge in [-0.2, -0.15) is 0 Å². The van der Waals surface area contributed by atoms with Crippen LogP contribution in [0.15, 0.2) is 12.7 Å². The number of nitrogens with zero attached hydrogens (tertiary/aromatic N) is 1. The number of nitrogens with one attached hydrogen (secondary N) is 2. The fraction of sp³-hybridized carbons (Fsp3) is 0.429. The molecule has 0 aromatic heterocycles. The van der Waals surface area contributed by atoms with Crippen molar-refractivity contribution in [2.45, 2.75) is 13.0 Å². The van der Waals surface area contributed by atoms with Crippen LogP contribution in [0.2, 0.25) is 0 Å². The molecule has 0 aromatic rings. The normalized spacial score (nSPS) is 11.2. The van der Waals surface area contributed by atoms with E-state index < -0.39 is 0 Å². The molecule has 0 saturated heterocycles. The lowest BCUT2D eigenvalue weighted by Crippen LogP contribution is -2.51. The number of hydrogen-bond acceptors (Lipinski definition) is 2. The first-order chi connectivity index (χ1) is 5.97. The van der Waals surface area contributed by atoms with Gasteiger partial charge in [-0.25, -0.2) is 0 Å². The van der Waals surface area contributed by atoms with E-state index in [1.54, 1.807) is 13.1 Å². The molecule has 0 fully saturated rings. The van der Waals surface area contributed by atoms with Crippen molar-refractivity contribution in [2.75, 3.05) is 7.05 Å². The largest absolute Gasteiger partial charge is 0.375 e. The molecule has 1 unspecified atom stereocenters. The maximum absolute atomic E-state index is 5.27. The second-order valence-corrected chi connectivity index (χ2v) is 3.34. The topological polar surface area (TPSA) is 53.3 Å². The molecular weight excluding hydrogens is 204 g/mol. The van der Waals surface area contributed by atoms with Gasteiger partial charge in [-0.05, 0) is 31.4 Å². The minimum Gasteiger partial charge on any atom is -0.375 e. The van der Waals surface area contributed by atoms with Gasteiger partial charge in [0.05, 0.1) is 0 Å². The van der Waals surface area contributed by atoms with E-state index in [2.05, 4.69) is 29.5 Å². The highest BCUT2D eigenvalue weighted by atomic mass is 32.1. The Morgan fingerprint density at radius 1 is 1.62 bits per heavy atom. The fourth-order valence-corrected chi connectivity index (χ4v) is 0.935. The lowest BCUT2D eigenvalue weighted by Gasteiger charge is -2.23. The molecule has 0 aliphatic rings. The number of hydrogen-bond donors (Lipinski definition) is 3. The zero-order valence-electron chi connectivity index (χ0n) is 7.70. The molecule has 4 N–H and O–H groups in total. The SMILES string of the molecule is C=CC(C)NC(=S)N(C)NC(N)=S. The van der Waals surface area contributed by atoms with Crippen LogP contribution in [-0.2, 0) is 0 Å². The number of hydrazine groups is 1. The third-order valence-corrected chi connectivity index (χ3v) is 1.77. The van der Waals surface area contributed by atoms with Crippen molar-refractivity contribution >= 4 is 34.7 Å². The second-order valence-electron chi connectivity index (χ2n) is 2.51. The van der Waals surface area contributed by atoms with Crippen LogP contribution in [0.25, 0.3) is 0 Å². The summed E-state index contributed by atoms with van der Waals surface area (Å²) in [6.45, 7) is 5.56. The summed E-state index contributed by atoms with van der Waals surface area (Å²) in [4.78, 5) is 0. The Morgan fingerprint density at radius 3 is 2.54 bits per heavy atom. The van der Waals surface area contributed by atoms with Crippen molar-refractivity contribution in [2.24, 2.45) is 5.73 Å². The summed E-state index contributed by atoms with van der Waals surface area (Å²) in [5.74, 6) is 0. The Labute approximate surface area is 89.1 Å². The minimum absolute atomic E-state index is 0.114. The van der Waals surface area contributed by atoms with Crippen molar-refractivity contribution in [3.63, 3.8) is 0 Å². The van der Waals surface area contributed by atoms with E-state index >= 15 is 0 Å². The maximum Gasteiger partial charge on any atom is 0.188 e. The summed E-state index contributed by atoms with van der Waals surface area (Å²) in [6.07, 6.45) is 1.75. The highest BCUT2D eigenvalue weighted by molar-refractivity contribution is 7.80. The number of rotatable bonds is 2. The third-order valence-electron chi connectivity index (χ3n) is 1.29. The van der Waals surface area contributed by atoms with Gasteiger partial charge in [0.15, 0.2) is 10.2 Å². The molecule has 0 spiro atoms. The van der Waals surface area contributed by atoms with Crippen LogP contribution in [0.5, 0.6) is 0 Å². The summed E-state index contributed by atoms with van der Waals surface area (Å²) in [6, 6.07) is 0.114. The molecule has 13 heavy (non-hydrogen) atoms. The first-order valence-electron chi connectivity index (χ1n) is 3.70. The van der Waals surface area contributed by atoms with Gasteiger partial charge in [-0.15, -0.1) is 6.58 Å². The monoisotopic (exact) mass is 218 g/mol. The van der Waals surface area contributed by atoms with Crippen molar-refractivity contribution < 1.29 is 0 Å². The molecular formula is C7H14N4S2. The Balaban J connectivity index is 3.95. The molecule has 0 amide bonds. The molecule has 1 atom stereocenters. The Kier molecular flexibility index (Phi) is 5.33. The summed E-state index contributed by atoms with van der Waals surface area (Å²) in [5, 5.41) is 5.23. The standard InChI is InChI=1S/C7H14N4S2/c1-4-5(2)9-7(13)11(3)10-6(8)12/h4-5H,1H2,2-3H3,(H,9,13)(H3,8,10,12). The van der Waals surface area contributed by atoms with Crippen molar-refractivity contribution in [3.05, 3.63) is 12.7 Å². The molecule has 0 aliphatic carbocycles. The van der Waals surface area contributed by atoms with Crippen LogP contribution < -0.4 is 16.5 Å². The summed E-state index contributed by atoms with van der Waals surface area (Å²) < 4.78 is 0. The van der Waals surface area contributed by atoms with Gasteiger partial charge >= 0.3 is 0 Å². The molecule has 0 radical (unpaired) electrons. The van der Waals surface area contributed by atoms with Crippen LogP contribution in [0.1, 0.15) is 6.92 Å². The Morgan fingerprint density at radius 2 is 2.15 bits per heavy atom. The van der Waals surface area contributed by atoms with Crippen LogP contribution in [0.3, 0.4) is 0 Å². The summed E-state index contributed by atoms with van der Waals surface area (Å²) >= 11 is 9.68. The van der Waals surface area contributed by atoms with Crippen LogP contribution in [-0.4, -0.2) is 28.3 Å². The lowest BCUT2D eigenvalue weighted by molar-refractivity contribution is 0.445. The highest BCUT2D eigenvalue weighted by Gasteiger charge is 2.05. The lowest BCUT2D eigenvalue weighted by atomic mass is 10.3. The smallest absolute Gasteiger partial charge is 0.188 e. The van der Waals surface area contributed by atoms with Gasteiger partial charge in [0.2, 0.25) is 0 Å². The Bertz CT molecular complexity index is 217. The second kappa shape index (κ2) is 5.71. The summed E-state index contributed by atoms with van der Waals surface area (Å²) in [5.41, 5.74) is 7.94. The molecule has 0 aromatic carbocycles. The fourth-order valence-electron chi connectivity index (χ4n) is 0.567. The average Bonchev–Trinajstić information content (AvgIpc) is 2.02. The van der Waals surface area contributed by atoms with Gasteiger partial charge < -0.3 is 11.1 Å². The average molecular weight is 218 g/mol. The van der Waals surface area contributed by atoms with Crippen molar-refractivity contribution in [3.8, 4) is 0 Å². The van der Waals surface area contributed by atoms with Crippen LogP contribution in [0, 0.1) is 0 Å². The van der Waals surface area contributed by atoms with Gasteiger partial charge in [-0.3, -0.25) is 10.4 Å². The van der Waals surface area contributed by atoms with E-state index in [0.29, 0.717) is 5.11 Å². The molecule has 74 valence electrons. The van der Waals surface area contributed by atoms with Gasteiger partial charge in [0.1, 0.15) is 0 Å². The highest BCUT2D eigenvalue weighted by Crippen LogP contribution is 1.85. The number of thiocarbonyl (C=S) groups is 2. The Hall–Kier alpha value is -0.880. The predicted molar refractivity (Wildman–Crippen MR) is 63.1 cm³/mol. The molecule has 0 bridgehead atoms. The minimum atomic E-state index is 0.114. The van der Waals surface area contributed by atoms with Gasteiger partial charge in [-0.1, -0.05) is 6.08 Å². The predicted octanol–water partition coefficient (Wildman–Crippen LogP) is 0.115. The molecule has 0 rings (SSSR count). The van der Waals surface area contributed by atoms with Crippen LogP contribution in [0.4, 0.5) is 0 Å². The molecule has 6 heteroatoms. The van der Waals surface area contributed by atoms with E-state index in [-0.39, 0.29) is 11.2 Å². The number of nitrogens with two attached hydrogens (primary N) is 1. The van der Waals surface area contributed by atoms with E-state index in [0.717, 1.165) is 0 Å². The van der Waals surface area contributed by atoms with Gasteiger partial charge in [0.25, 0.3) is 0 Å². The first-order valence-corrected chi connectivity index (χ1v) is 4.52. The zero-order valence-corrected chi connectivity index (χ0v) is 9.34. The van der Waals surface area contributed by atoms with Crippen molar-refractivity contribution in [1.82, 2.24) is 15.8 Å². The molecule has 0 saturated carbocycles. The molecule has 0 heterocycles. The van der Waals surface area contributed by atoms with Crippen LogP contribution >= 0.6 is 24.4 Å². The van der Waals surface area contributed by atoms with E-state index in [9.17, 15) is 0 Å². The van der Waals surface area contributed by atoms with Gasteiger partial charge in [0, 0.05) is 13.1 Å². The molecule has 0 aliphatic heterocycles. The summed E-state index contributed by atoms with van der Waals surface area (Å²) in [7, 11) is 1.73. The van der Waals surface area contributed by atoms with E-state index in [1.807, 2.05) is 6.92 Å². The van der Waals surface area contributed by atoms with E-state index in [1.165, 1.54) is 5.01 Å². The van der Waals surface area contributed by atoms with E-state index in [4.69, 9.17) is 18.0 Å². The van der Waals surface area contributed by atoms with Crippen molar-refractivity contribution in [1.29, 1.82) is 0 Å². The zero-order chi connectivity index (χ0) is 10.4. The third kappa shape index (κ3) is 5.37. The quantitative estimate of drug-likeness (QED) is 0.348. The first kappa shape index (κ1) is 12.1. The maximum atomic E-state index is 5.27.